The second-order valence-electron chi connectivity index (χ2n) is 5.80. The van der Waals surface area contributed by atoms with Crippen molar-refractivity contribution in [2.75, 3.05) is 36.4 Å². The van der Waals surface area contributed by atoms with Crippen LogP contribution in [0.15, 0.2) is 36.7 Å². The summed E-state index contributed by atoms with van der Waals surface area (Å²) in [4.78, 5) is 36.3. The quantitative estimate of drug-likeness (QED) is 0.619. The van der Waals surface area contributed by atoms with Crippen molar-refractivity contribution in [2.24, 2.45) is 0 Å². The minimum absolute atomic E-state index is 0.0715. The molecule has 0 saturated carbocycles. The van der Waals surface area contributed by atoms with E-state index in [1.165, 1.54) is 11.0 Å². The van der Waals surface area contributed by atoms with Gasteiger partial charge in [-0.25, -0.2) is 9.97 Å². The van der Waals surface area contributed by atoms with Crippen molar-refractivity contribution in [3.05, 3.63) is 42.2 Å². The molecule has 1 fully saturated rings. The van der Waals surface area contributed by atoms with E-state index in [9.17, 15) is 14.7 Å². The Labute approximate surface area is 145 Å². The fourth-order valence-corrected chi connectivity index (χ4v) is 2.63. The Morgan fingerprint density at radius 3 is 2.48 bits per heavy atom. The maximum atomic E-state index is 12.3. The Kier molecular flexibility index (Phi) is 4.78. The molecule has 0 radical (unpaired) electrons. The highest BCUT2D eigenvalue weighted by atomic mass is 16.3. The van der Waals surface area contributed by atoms with Crippen LogP contribution in [0.3, 0.4) is 0 Å². The van der Waals surface area contributed by atoms with E-state index in [2.05, 4.69) is 15.3 Å². The van der Waals surface area contributed by atoms with Gasteiger partial charge in [0.2, 0.25) is 5.95 Å². The normalized spacial score (nSPS) is 14.3. The minimum Gasteiger partial charge on any atom is -0.506 e. The molecule has 0 atom stereocenters. The Bertz CT molecular complexity index is 773. The molecule has 25 heavy (non-hydrogen) atoms. The predicted molar refractivity (Wildman–Crippen MR) is 92.3 cm³/mol. The van der Waals surface area contributed by atoms with E-state index in [0.29, 0.717) is 32.1 Å². The molecular formula is C17H19N5O3. The topological polar surface area (TPSA) is 98.7 Å². The van der Waals surface area contributed by atoms with E-state index in [0.717, 1.165) is 5.56 Å². The zero-order chi connectivity index (χ0) is 17.8. The van der Waals surface area contributed by atoms with E-state index < -0.39 is 11.8 Å². The lowest BCUT2D eigenvalue weighted by molar-refractivity contribution is -0.143. The first-order chi connectivity index (χ1) is 12.0. The number of benzene rings is 1. The summed E-state index contributed by atoms with van der Waals surface area (Å²) in [5.41, 5.74) is 1.10. The summed E-state index contributed by atoms with van der Waals surface area (Å²) in [5.74, 6) is -0.832. The first-order valence-electron chi connectivity index (χ1n) is 7.96. The van der Waals surface area contributed by atoms with Crippen LogP contribution in [-0.2, 0) is 9.59 Å². The predicted octanol–water partition coefficient (Wildman–Crippen LogP) is 0.778. The van der Waals surface area contributed by atoms with E-state index in [4.69, 9.17) is 0 Å². The largest absolute Gasteiger partial charge is 0.506 e. The van der Waals surface area contributed by atoms with Gasteiger partial charge >= 0.3 is 11.8 Å². The van der Waals surface area contributed by atoms with Crippen LogP contribution in [-0.4, -0.2) is 58.0 Å². The maximum Gasteiger partial charge on any atom is 0.314 e. The highest BCUT2D eigenvalue weighted by Gasteiger charge is 2.27. The molecule has 0 unspecified atom stereocenters. The van der Waals surface area contributed by atoms with Gasteiger partial charge in [0.05, 0.1) is 5.69 Å². The molecular weight excluding hydrogens is 322 g/mol. The van der Waals surface area contributed by atoms with Crippen molar-refractivity contribution in [3.8, 4) is 5.75 Å². The number of carbonyl (C=O) groups is 2. The van der Waals surface area contributed by atoms with Gasteiger partial charge in [-0.15, -0.1) is 0 Å². The lowest BCUT2D eigenvalue weighted by Crippen LogP contribution is -2.52. The molecule has 1 saturated heterocycles. The van der Waals surface area contributed by atoms with E-state index >= 15 is 0 Å². The molecule has 2 amide bonds. The number of phenols is 1. The third-order valence-electron chi connectivity index (χ3n) is 4.00. The van der Waals surface area contributed by atoms with Gasteiger partial charge in [-0.05, 0) is 30.7 Å². The van der Waals surface area contributed by atoms with Crippen LogP contribution in [0.1, 0.15) is 5.56 Å². The van der Waals surface area contributed by atoms with Crippen LogP contribution >= 0.6 is 0 Å². The van der Waals surface area contributed by atoms with Gasteiger partial charge < -0.3 is 20.2 Å². The number of aromatic nitrogens is 2. The lowest BCUT2D eigenvalue weighted by atomic mass is 10.2. The van der Waals surface area contributed by atoms with Gasteiger partial charge in [-0.2, -0.15) is 0 Å². The smallest absolute Gasteiger partial charge is 0.314 e. The van der Waals surface area contributed by atoms with Crippen LogP contribution in [0.4, 0.5) is 11.6 Å². The number of phenolic OH excluding ortho intramolecular Hbond substituents is 1. The van der Waals surface area contributed by atoms with Crippen LogP contribution in [0.5, 0.6) is 5.75 Å². The second-order valence-corrected chi connectivity index (χ2v) is 5.80. The zero-order valence-corrected chi connectivity index (χ0v) is 13.8. The van der Waals surface area contributed by atoms with Crippen molar-refractivity contribution >= 4 is 23.5 Å². The number of hydrogen-bond acceptors (Lipinski definition) is 6. The van der Waals surface area contributed by atoms with Crippen molar-refractivity contribution in [1.29, 1.82) is 0 Å². The molecule has 2 heterocycles. The van der Waals surface area contributed by atoms with E-state index in [-0.39, 0.29) is 11.4 Å². The standard InChI is InChI=1S/C17H19N5O3/c1-12-3-4-14(23)13(11-12)20-15(24)16(25)21-7-9-22(10-8-21)17-18-5-2-6-19-17/h2-6,11,23H,7-10H2,1H3,(H,20,24). The molecule has 1 aliphatic heterocycles. The Balaban J connectivity index is 1.58. The summed E-state index contributed by atoms with van der Waals surface area (Å²) < 4.78 is 0. The number of carbonyl (C=O) groups excluding carboxylic acids is 2. The van der Waals surface area contributed by atoms with Crippen molar-refractivity contribution in [1.82, 2.24) is 14.9 Å². The molecule has 2 N–H and O–H groups in total. The maximum absolute atomic E-state index is 12.3. The molecule has 8 nitrogen and oxygen atoms in total. The van der Waals surface area contributed by atoms with Gasteiger partial charge in [0.25, 0.3) is 0 Å². The Hall–Kier alpha value is -3.16. The average molecular weight is 341 g/mol. The van der Waals surface area contributed by atoms with Gasteiger partial charge in [0, 0.05) is 38.6 Å². The summed E-state index contributed by atoms with van der Waals surface area (Å²) in [5, 5.41) is 12.2. The molecule has 3 rings (SSSR count). The van der Waals surface area contributed by atoms with Gasteiger partial charge in [-0.3, -0.25) is 9.59 Å². The van der Waals surface area contributed by atoms with Gasteiger partial charge in [0.1, 0.15) is 5.75 Å². The minimum atomic E-state index is -0.759. The van der Waals surface area contributed by atoms with E-state index in [1.807, 2.05) is 11.8 Å². The molecule has 0 spiro atoms. The highest BCUT2D eigenvalue weighted by Crippen LogP contribution is 2.23. The van der Waals surface area contributed by atoms with Crippen molar-refractivity contribution in [3.63, 3.8) is 0 Å². The number of anilines is 2. The van der Waals surface area contributed by atoms with Crippen LogP contribution in [0.25, 0.3) is 0 Å². The summed E-state index contributed by atoms with van der Waals surface area (Å²) in [6.07, 6.45) is 3.34. The summed E-state index contributed by atoms with van der Waals surface area (Å²) in [7, 11) is 0. The number of amides is 2. The highest BCUT2D eigenvalue weighted by molar-refractivity contribution is 6.39. The zero-order valence-electron chi connectivity index (χ0n) is 13.8. The molecule has 8 heteroatoms. The Morgan fingerprint density at radius 1 is 1.12 bits per heavy atom. The number of hydrogen-bond donors (Lipinski definition) is 2. The van der Waals surface area contributed by atoms with E-state index in [1.54, 1.807) is 30.6 Å². The number of aromatic hydroxyl groups is 1. The second kappa shape index (κ2) is 7.16. The fourth-order valence-electron chi connectivity index (χ4n) is 2.63. The molecule has 1 aliphatic rings. The fraction of sp³-hybridized carbons (Fsp3) is 0.294. The molecule has 2 aromatic rings. The van der Waals surface area contributed by atoms with Crippen LogP contribution in [0, 0.1) is 6.92 Å². The summed E-state index contributed by atoms with van der Waals surface area (Å²) in [6.45, 7) is 3.76. The monoisotopic (exact) mass is 341 g/mol. The third kappa shape index (κ3) is 3.85. The Morgan fingerprint density at radius 2 is 1.80 bits per heavy atom. The molecule has 1 aromatic heterocycles. The molecule has 0 aliphatic carbocycles. The third-order valence-corrected chi connectivity index (χ3v) is 4.00. The number of nitrogens with zero attached hydrogens (tertiary/aromatic N) is 4. The van der Waals surface area contributed by atoms with Crippen LogP contribution < -0.4 is 10.2 Å². The first-order valence-corrected chi connectivity index (χ1v) is 7.96. The van der Waals surface area contributed by atoms with Crippen LogP contribution in [0.2, 0.25) is 0 Å². The lowest BCUT2D eigenvalue weighted by Gasteiger charge is -2.34. The summed E-state index contributed by atoms with van der Waals surface area (Å²) in [6, 6.07) is 6.56. The summed E-state index contributed by atoms with van der Waals surface area (Å²) >= 11 is 0. The average Bonchev–Trinajstić information content (AvgIpc) is 2.65. The number of rotatable bonds is 2. The van der Waals surface area contributed by atoms with Crippen molar-refractivity contribution in [2.45, 2.75) is 6.92 Å². The number of aryl methyl sites for hydroxylation is 1. The number of nitrogens with one attached hydrogen (secondary N) is 1. The first kappa shape index (κ1) is 16.7. The van der Waals surface area contributed by atoms with Gasteiger partial charge in [-0.1, -0.05) is 6.07 Å². The van der Waals surface area contributed by atoms with Gasteiger partial charge in [0.15, 0.2) is 0 Å². The molecule has 130 valence electrons. The number of piperazine rings is 1. The molecule has 0 bridgehead atoms. The SMILES string of the molecule is Cc1ccc(O)c(NC(=O)C(=O)N2CCN(c3ncccn3)CC2)c1. The van der Waals surface area contributed by atoms with Crippen molar-refractivity contribution < 1.29 is 14.7 Å². The molecule has 1 aromatic carbocycles.